The highest BCUT2D eigenvalue weighted by atomic mass is 16.8. The number of carbonyl (C=O) groups excluding carboxylic acids is 1. The Labute approximate surface area is 102 Å². The van der Waals surface area contributed by atoms with Crippen molar-refractivity contribution in [2.45, 2.75) is 64.3 Å². The molecule has 0 saturated carbocycles. The Balaban J connectivity index is 2.12. The maximum Gasteiger partial charge on any atom is 0.217 e. The number of hydrogen-bond acceptors (Lipinski definition) is 4. The maximum atomic E-state index is 11.1. The van der Waals surface area contributed by atoms with Crippen molar-refractivity contribution in [3.8, 4) is 0 Å². The van der Waals surface area contributed by atoms with Crippen LogP contribution >= 0.6 is 0 Å². The zero-order valence-electron chi connectivity index (χ0n) is 10.9. The molecule has 0 spiro atoms. The minimum atomic E-state index is -0.604. The molecule has 4 atom stereocenters. The zero-order valence-corrected chi connectivity index (χ0v) is 10.9. The van der Waals surface area contributed by atoms with Gasteiger partial charge in [-0.1, -0.05) is 6.92 Å². The highest BCUT2D eigenvalue weighted by Gasteiger charge is 2.51. The predicted molar refractivity (Wildman–Crippen MR) is 61.5 cm³/mol. The first-order chi connectivity index (χ1) is 7.93. The summed E-state index contributed by atoms with van der Waals surface area (Å²) in [6, 6.07) is -0.123. The van der Waals surface area contributed by atoms with Crippen LogP contribution in [0.15, 0.2) is 0 Å². The second-order valence-electron chi connectivity index (χ2n) is 5.15. The molecule has 5 nitrogen and oxygen atoms in total. The van der Waals surface area contributed by atoms with E-state index in [2.05, 4.69) is 12.2 Å². The van der Waals surface area contributed by atoms with Crippen molar-refractivity contribution in [1.29, 1.82) is 0 Å². The van der Waals surface area contributed by atoms with Crippen LogP contribution in [-0.2, 0) is 19.0 Å². The molecule has 2 fully saturated rings. The van der Waals surface area contributed by atoms with Gasteiger partial charge >= 0.3 is 0 Å². The topological polar surface area (TPSA) is 56.8 Å². The van der Waals surface area contributed by atoms with Gasteiger partial charge in [0.05, 0.1) is 18.8 Å². The molecule has 2 aliphatic rings. The molecule has 0 aromatic carbocycles. The monoisotopic (exact) mass is 243 g/mol. The van der Waals surface area contributed by atoms with Crippen LogP contribution < -0.4 is 5.32 Å². The first kappa shape index (κ1) is 12.8. The second kappa shape index (κ2) is 4.55. The fraction of sp³-hybridized carbons (Fsp3) is 0.917. The predicted octanol–water partition coefficient (Wildman–Crippen LogP) is 0.820. The molecule has 0 bridgehead atoms. The third kappa shape index (κ3) is 2.61. The van der Waals surface area contributed by atoms with Gasteiger partial charge in [0.15, 0.2) is 5.79 Å². The fourth-order valence-electron chi connectivity index (χ4n) is 2.57. The van der Waals surface area contributed by atoms with Crippen LogP contribution in [0.25, 0.3) is 0 Å². The average Bonchev–Trinajstić information content (AvgIpc) is 2.53. The van der Waals surface area contributed by atoms with E-state index in [1.54, 1.807) is 0 Å². The zero-order chi connectivity index (χ0) is 12.6. The van der Waals surface area contributed by atoms with Crippen LogP contribution in [0, 0.1) is 0 Å². The highest BCUT2D eigenvalue weighted by molar-refractivity contribution is 5.73. The van der Waals surface area contributed by atoms with E-state index in [0.29, 0.717) is 6.61 Å². The molecule has 2 saturated heterocycles. The van der Waals surface area contributed by atoms with Crippen LogP contribution in [0.5, 0.6) is 0 Å². The lowest BCUT2D eigenvalue weighted by atomic mass is 9.96. The van der Waals surface area contributed by atoms with Gasteiger partial charge in [-0.25, -0.2) is 0 Å². The van der Waals surface area contributed by atoms with Gasteiger partial charge in [-0.05, 0) is 20.3 Å². The number of carbonyl (C=O) groups is 1. The van der Waals surface area contributed by atoms with Crippen molar-refractivity contribution in [2.75, 3.05) is 6.61 Å². The summed E-state index contributed by atoms with van der Waals surface area (Å²) in [7, 11) is 0. The van der Waals surface area contributed by atoms with E-state index in [9.17, 15) is 4.79 Å². The molecule has 5 heteroatoms. The average molecular weight is 243 g/mol. The molecule has 0 aromatic rings. The molecule has 1 N–H and O–H groups in total. The summed E-state index contributed by atoms with van der Waals surface area (Å²) in [6.45, 7) is 7.83. The molecule has 98 valence electrons. The number of hydrogen-bond donors (Lipinski definition) is 1. The molecule has 2 aliphatic heterocycles. The Hall–Kier alpha value is -0.650. The van der Waals surface area contributed by atoms with E-state index >= 15 is 0 Å². The first-order valence-electron chi connectivity index (χ1n) is 6.17. The van der Waals surface area contributed by atoms with Crippen LogP contribution in [0.2, 0.25) is 0 Å². The molecule has 2 rings (SSSR count). The summed E-state index contributed by atoms with van der Waals surface area (Å²) >= 11 is 0. The van der Waals surface area contributed by atoms with E-state index in [4.69, 9.17) is 14.2 Å². The SMILES string of the molecule is CC[C@H]1OC[C@H](NC(C)=O)[C@H]2OC(C)(C)O[C@H]21. The van der Waals surface area contributed by atoms with E-state index < -0.39 is 5.79 Å². The van der Waals surface area contributed by atoms with Gasteiger partial charge in [0, 0.05) is 6.92 Å². The van der Waals surface area contributed by atoms with Crippen molar-refractivity contribution in [3.05, 3.63) is 0 Å². The first-order valence-corrected chi connectivity index (χ1v) is 6.17. The number of nitrogens with one attached hydrogen (secondary N) is 1. The van der Waals surface area contributed by atoms with Crippen molar-refractivity contribution < 1.29 is 19.0 Å². The van der Waals surface area contributed by atoms with Gasteiger partial charge in [-0.15, -0.1) is 0 Å². The van der Waals surface area contributed by atoms with Gasteiger partial charge in [-0.3, -0.25) is 4.79 Å². The Bertz CT molecular complexity index is 305. The van der Waals surface area contributed by atoms with Gasteiger partial charge in [0.25, 0.3) is 0 Å². The van der Waals surface area contributed by atoms with E-state index in [0.717, 1.165) is 6.42 Å². The number of amides is 1. The molecular formula is C12H21NO4. The summed E-state index contributed by atoms with van der Waals surface area (Å²) in [5.41, 5.74) is 0. The molecular weight excluding hydrogens is 222 g/mol. The Morgan fingerprint density at radius 1 is 1.35 bits per heavy atom. The van der Waals surface area contributed by atoms with E-state index in [1.165, 1.54) is 6.92 Å². The van der Waals surface area contributed by atoms with Gasteiger partial charge in [-0.2, -0.15) is 0 Å². The number of rotatable bonds is 2. The Kier molecular flexibility index (Phi) is 3.43. The van der Waals surface area contributed by atoms with E-state index in [1.807, 2.05) is 13.8 Å². The minimum Gasteiger partial charge on any atom is -0.373 e. The van der Waals surface area contributed by atoms with Crippen molar-refractivity contribution in [1.82, 2.24) is 5.32 Å². The number of fused-ring (bicyclic) bond motifs is 1. The normalized spacial score (nSPS) is 39.8. The minimum absolute atomic E-state index is 0.0479. The molecule has 0 aliphatic carbocycles. The fourth-order valence-corrected chi connectivity index (χ4v) is 2.57. The quantitative estimate of drug-likeness (QED) is 0.780. The van der Waals surface area contributed by atoms with E-state index in [-0.39, 0.29) is 30.3 Å². The van der Waals surface area contributed by atoms with Crippen molar-refractivity contribution >= 4 is 5.91 Å². The summed E-state index contributed by atoms with van der Waals surface area (Å²) < 4.78 is 17.5. The summed E-state index contributed by atoms with van der Waals surface area (Å²) in [5.74, 6) is -0.673. The maximum absolute atomic E-state index is 11.1. The summed E-state index contributed by atoms with van der Waals surface area (Å²) in [6.07, 6.45) is 0.716. The lowest BCUT2D eigenvalue weighted by Gasteiger charge is -2.36. The Morgan fingerprint density at radius 2 is 2.00 bits per heavy atom. The summed E-state index contributed by atoms with van der Waals surface area (Å²) in [5, 5.41) is 2.87. The lowest BCUT2D eigenvalue weighted by Crippen LogP contribution is -2.57. The summed E-state index contributed by atoms with van der Waals surface area (Å²) in [4.78, 5) is 11.1. The standard InChI is InChI=1S/C12H21NO4/c1-5-9-11-10(16-12(3,4)17-11)8(6-15-9)13-7(2)14/h8-11H,5-6H2,1-4H3,(H,13,14)/t8-,9+,10+,11-/m0/s1. The third-order valence-electron chi connectivity index (χ3n) is 3.21. The number of ether oxygens (including phenoxy) is 3. The molecule has 0 radical (unpaired) electrons. The van der Waals surface area contributed by atoms with Crippen LogP contribution in [0.4, 0.5) is 0 Å². The molecule has 2 heterocycles. The molecule has 0 unspecified atom stereocenters. The third-order valence-corrected chi connectivity index (χ3v) is 3.21. The van der Waals surface area contributed by atoms with Gasteiger partial charge in [0.1, 0.15) is 12.2 Å². The largest absolute Gasteiger partial charge is 0.373 e. The molecule has 0 aromatic heterocycles. The second-order valence-corrected chi connectivity index (χ2v) is 5.15. The van der Waals surface area contributed by atoms with Gasteiger partial charge in [0.2, 0.25) is 5.91 Å². The lowest BCUT2D eigenvalue weighted by molar-refractivity contribution is -0.154. The van der Waals surface area contributed by atoms with Crippen molar-refractivity contribution in [3.63, 3.8) is 0 Å². The molecule has 1 amide bonds. The van der Waals surface area contributed by atoms with Gasteiger partial charge < -0.3 is 19.5 Å². The van der Waals surface area contributed by atoms with Crippen LogP contribution in [-0.4, -0.2) is 42.7 Å². The van der Waals surface area contributed by atoms with Crippen molar-refractivity contribution in [2.24, 2.45) is 0 Å². The van der Waals surface area contributed by atoms with Crippen LogP contribution in [0.3, 0.4) is 0 Å². The Morgan fingerprint density at radius 3 is 2.59 bits per heavy atom. The smallest absolute Gasteiger partial charge is 0.217 e. The highest BCUT2D eigenvalue weighted by Crippen LogP contribution is 2.36. The van der Waals surface area contributed by atoms with Crippen LogP contribution in [0.1, 0.15) is 34.1 Å². The molecule has 17 heavy (non-hydrogen) atoms.